The molecule has 24 heavy (non-hydrogen) atoms. The van der Waals surface area contributed by atoms with Gasteiger partial charge in [0, 0.05) is 17.7 Å². The molecule has 2 aromatic carbocycles. The molecule has 0 saturated heterocycles. The zero-order valence-electron chi connectivity index (χ0n) is 12.9. The quantitative estimate of drug-likeness (QED) is 0.757. The van der Waals surface area contributed by atoms with Crippen molar-refractivity contribution in [2.45, 2.75) is 13.3 Å². The average Bonchev–Trinajstić information content (AvgIpc) is 3.07. The predicted molar refractivity (Wildman–Crippen MR) is 88.2 cm³/mol. The summed E-state index contributed by atoms with van der Waals surface area (Å²) in [5, 5.41) is 8.97. The van der Waals surface area contributed by atoms with E-state index < -0.39 is 11.8 Å². The molecule has 122 valence electrons. The van der Waals surface area contributed by atoms with Crippen LogP contribution in [-0.4, -0.2) is 16.2 Å². The summed E-state index contributed by atoms with van der Waals surface area (Å²) in [5.74, 6) is 0.567. The minimum absolute atomic E-state index is 0.116. The molecule has 0 fully saturated rings. The Balaban J connectivity index is 1.65. The lowest BCUT2D eigenvalue weighted by Gasteiger charge is -2.08. The van der Waals surface area contributed by atoms with Crippen LogP contribution < -0.4 is 10.6 Å². The van der Waals surface area contributed by atoms with Crippen molar-refractivity contribution in [3.05, 3.63) is 60.2 Å². The summed E-state index contributed by atoms with van der Waals surface area (Å²) in [4.78, 5) is 16.1. The second-order valence-electron chi connectivity index (χ2n) is 5.00. The van der Waals surface area contributed by atoms with Gasteiger partial charge in [-0.05, 0) is 36.4 Å². The minimum atomic E-state index is -0.527. The number of anilines is 2. The lowest BCUT2D eigenvalue weighted by Crippen LogP contribution is -2.20. The highest BCUT2D eigenvalue weighted by atomic mass is 19.1. The van der Waals surface area contributed by atoms with Crippen molar-refractivity contribution in [2.75, 3.05) is 10.6 Å². The number of hydrogen-bond acceptors (Lipinski definition) is 4. The topological polar surface area (TPSA) is 80.0 Å². The van der Waals surface area contributed by atoms with Crippen LogP contribution in [0.3, 0.4) is 0 Å². The van der Waals surface area contributed by atoms with Crippen LogP contribution in [0.5, 0.6) is 0 Å². The fourth-order valence-electron chi connectivity index (χ4n) is 2.07. The Kier molecular flexibility index (Phi) is 4.51. The number of para-hydroxylation sites is 1. The lowest BCUT2D eigenvalue weighted by molar-refractivity contribution is 0.262. The molecule has 1 heterocycles. The molecule has 1 aromatic heterocycles. The Labute approximate surface area is 137 Å². The number of halogens is 1. The zero-order chi connectivity index (χ0) is 16.9. The number of aromatic nitrogens is 2. The molecular weight excluding hydrogens is 311 g/mol. The maximum absolute atomic E-state index is 13.5. The number of urea groups is 1. The molecule has 0 aliphatic heterocycles. The first kappa shape index (κ1) is 15.7. The van der Waals surface area contributed by atoms with E-state index in [4.69, 9.17) is 4.52 Å². The monoisotopic (exact) mass is 326 g/mol. The van der Waals surface area contributed by atoms with E-state index in [1.54, 1.807) is 36.4 Å². The summed E-state index contributed by atoms with van der Waals surface area (Å²) in [5.41, 5.74) is 1.45. The SMILES string of the molecule is CCc1nc(-c2ccc(NC(=O)Nc3ccccc3F)cc2)no1. The average molecular weight is 326 g/mol. The molecular formula is C17H15FN4O2. The van der Waals surface area contributed by atoms with E-state index in [0.29, 0.717) is 23.8 Å². The molecule has 0 radical (unpaired) electrons. The summed E-state index contributed by atoms with van der Waals surface area (Å²) in [6, 6.07) is 12.4. The largest absolute Gasteiger partial charge is 0.339 e. The van der Waals surface area contributed by atoms with Crippen LogP contribution in [0.4, 0.5) is 20.6 Å². The van der Waals surface area contributed by atoms with Gasteiger partial charge < -0.3 is 15.2 Å². The number of amides is 2. The number of carbonyl (C=O) groups is 1. The van der Waals surface area contributed by atoms with Gasteiger partial charge >= 0.3 is 6.03 Å². The molecule has 6 nitrogen and oxygen atoms in total. The van der Waals surface area contributed by atoms with E-state index in [9.17, 15) is 9.18 Å². The second kappa shape index (κ2) is 6.91. The molecule has 0 atom stereocenters. The molecule has 3 rings (SSSR count). The fraction of sp³-hybridized carbons (Fsp3) is 0.118. The van der Waals surface area contributed by atoms with Crippen molar-refractivity contribution in [3.63, 3.8) is 0 Å². The van der Waals surface area contributed by atoms with Crippen molar-refractivity contribution in [1.82, 2.24) is 10.1 Å². The summed E-state index contributed by atoms with van der Waals surface area (Å²) in [6.07, 6.45) is 0.669. The highest BCUT2D eigenvalue weighted by Gasteiger charge is 2.09. The van der Waals surface area contributed by atoms with Gasteiger partial charge in [0.05, 0.1) is 5.69 Å². The Bertz CT molecular complexity index is 846. The third kappa shape index (κ3) is 3.57. The lowest BCUT2D eigenvalue weighted by atomic mass is 10.2. The Morgan fingerprint density at radius 3 is 2.54 bits per heavy atom. The van der Waals surface area contributed by atoms with Crippen LogP contribution in [0.2, 0.25) is 0 Å². The molecule has 0 unspecified atom stereocenters. The van der Waals surface area contributed by atoms with Gasteiger partial charge in [0.2, 0.25) is 11.7 Å². The van der Waals surface area contributed by atoms with Gasteiger partial charge in [-0.2, -0.15) is 4.98 Å². The number of rotatable bonds is 4. The van der Waals surface area contributed by atoms with Gasteiger partial charge in [0.25, 0.3) is 0 Å². The number of carbonyl (C=O) groups excluding carboxylic acids is 1. The first-order valence-corrected chi connectivity index (χ1v) is 7.41. The van der Waals surface area contributed by atoms with Gasteiger partial charge in [0.15, 0.2) is 0 Å². The molecule has 3 aromatic rings. The Morgan fingerprint density at radius 1 is 1.12 bits per heavy atom. The molecule has 2 N–H and O–H groups in total. The van der Waals surface area contributed by atoms with E-state index in [-0.39, 0.29) is 5.69 Å². The van der Waals surface area contributed by atoms with Crippen LogP contribution in [0.1, 0.15) is 12.8 Å². The molecule has 0 spiro atoms. The summed E-state index contributed by atoms with van der Waals surface area (Å²) >= 11 is 0. The van der Waals surface area contributed by atoms with E-state index >= 15 is 0 Å². The molecule has 0 saturated carbocycles. The summed E-state index contributed by atoms with van der Waals surface area (Å²) in [7, 11) is 0. The first-order chi connectivity index (χ1) is 11.7. The van der Waals surface area contributed by atoms with Crippen LogP contribution in [0, 0.1) is 5.82 Å². The molecule has 7 heteroatoms. The number of hydrogen-bond donors (Lipinski definition) is 2. The van der Waals surface area contributed by atoms with Gasteiger partial charge in [-0.15, -0.1) is 0 Å². The molecule has 2 amide bonds. The number of benzene rings is 2. The smallest absolute Gasteiger partial charge is 0.323 e. The van der Waals surface area contributed by atoms with Crippen LogP contribution in [0.15, 0.2) is 53.1 Å². The molecule has 0 bridgehead atoms. The van der Waals surface area contributed by atoms with E-state index in [0.717, 1.165) is 5.56 Å². The Hall–Kier alpha value is -3.22. The molecule has 0 aliphatic rings. The standard InChI is InChI=1S/C17H15FN4O2/c1-2-15-21-16(22-24-15)11-7-9-12(10-8-11)19-17(23)20-14-6-4-3-5-13(14)18/h3-10H,2H2,1H3,(H2,19,20,23). The van der Waals surface area contributed by atoms with E-state index in [2.05, 4.69) is 20.8 Å². The second-order valence-corrected chi connectivity index (χ2v) is 5.00. The van der Waals surface area contributed by atoms with Crippen molar-refractivity contribution in [1.29, 1.82) is 0 Å². The van der Waals surface area contributed by atoms with Crippen molar-refractivity contribution < 1.29 is 13.7 Å². The zero-order valence-corrected chi connectivity index (χ0v) is 12.9. The van der Waals surface area contributed by atoms with Gasteiger partial charge in [0.1, 0.15) is 5.82 Å². The van der Waals surface area contributed by atoms with E-state index in [1.807, 2.05) is 6.92 Å². The van der Waals surface area contributed by atoms with Gasteiger partial charge in [-0.25, -0.2) is 9.18 Å². The maximum atomic E-state index is 13.5. The first-order valence-electron chi connectivity index (χ1n) is 7.41. The molecule has 0 aliphatic carbocycles. The number of aryl methyl sites for hydroxylation is 1. The van der Waals surface area contributed by atoms with Crippen molar-refractivity contribution in [2.24, 2.45) is 0 Å². The third-order valence-corrected chi connectivity index (χ3v) is 3.29. The highest BCUT2D eigenvalue weighted by Crippen LogP contribution is 2.19. The minimum Gasteiger partial charge on any atom is -0.339 e. The predicted octanol–water partition coefficient (Wildman–Crippen LogP) is 4.08. The van der Waals surface area contributed by atoms with Crippen molar-refractivity contribution >= 4 is 17.4 Å². The summed E-state index contributed by atoms with van der Waals surface area (Å²) in [6.45, 7) is 1.93. The van der Waals surface area contributed by atoms with Crippen LogP contribution >= 0.6 is 0 Å². The summed E-state index contributed by atoms with van der Waals surface area (Å²) < 4.78 is 18.6. The third-order valence-electron chi connectivity index (χ3n) is 3.29. The van der Waals surface area contributed by atoms with Crippen LogP contribution in [-0.2, 0) is 6.42 Å². The number of nitrogens with one attached hydrogen (secondary N) is 2. The normalized spacial score (nSPS) is 10.4. The van der Waals surface area contributed by atoms with Crippen molar-refractivity contribution in [3.8, 4) is 11.4 Å². The van der Waals surface area contributed by atoms with Gasteiger partial charge in [-0.3, -0.25) is 0 Å². The Morgan fingerprint density at radius 2 is 1.88 bits per heavy atom. The fourth-order valence-corrected chi connectivity index (χ4v) is 2.07. The highest BCUT2D eigenvalue weighted by molar-refractivity contribution is 5.99. The van der Waals surface area contributed by atoms with E-state index in [1.165, 1.54) is 12.1 Å². The van der Waals surface area contributed by atoms with Crippen LogP contribution in [0.25, 0.3) is 11.4 Å². The number of nitrogens with zero attached hydrogens (tertiary/aromatic N) is 2. The van der Waals surface area contributed by atoms with Gasteiger partial charge in [-0.1, -0.05) is 24.2 Å². The maximum Gasteiger partial charge on any atom is 0.323 e.